The molecule has 4 aromatic rings. The molecule has 0 saturated carbocycles. The molecule has 0 aromatic heterocycles. The largest absolute Gasteiger partial charge is 0.152 e. The molecule has 0 atom stereocenters. The Morgan fingerprint density at radius 3 is 1.48 bits per heavy atom. The maximum atomic E-state index is 2.46. The fourth-order valence-electron chi connectivity index (χ4n) is 4.78. The molecule has 29 heavy (non-hydrogen) atoms. The summed E-state index contributed by atoms with van der Waals surface area (Å²) in [6.45, 7) is 0. The summed E-state index contributed by atoms with van der Waals surface area (Å²) in [5, 5.41) is 4.42. The Morgan fingerprint density at radius 2 is 0.966 bits per heavy atom. The molecule has 0 unspecified atom stereocenters. The fraction of sp³-hybridized carbons (Fsp3) is 0.0714. The van der Waals surface area contributed by atoms with Crippen LogP contribution in [0.2, 0.25) is 6.04 Å². The van der Waals surface area contributed by atoms with Gasteiger partial charge in [0.25, 0.3) is 0 Å². The van der Waals surface area contributed by atoms with Crippen molar-refractivity contribution in [1.29, 1.82) is 0 Å². The monoisotopic (exact) mass is 388 g/mol. The molecule has 0 aliphatic heterocycles. The Kier molecular flexibility index (Phi) is 4.75. The third kappa shape index (κ3) is 3.18. The van der Waals surface area contributed by atoms with Gasteiger partial charge in [0.15, 0.2) is 8.07 Å². The van der Waals surface area contributed by atoms with Gasteiger partial charge in [0.2, 0.25) is 0 Å². The molecule has 0 heterocycles. The highest BCUT2D eigenvalue weighted by molar-refractivity contribution is 7.12. The van der Waals surface area contributed by atoms with Crippen molar-refractivity contribution in [3.05, 3.63) is 132 Å². The van der Waals surface area contributed by atoms with Crippen LogP contribution in [-0.2, 0) is 6.42 Å². The number of rotatable bonds is 5. The molecule has 0 fully saturated rings. The first-order chi connectivity index (χ1) is 14.4. The van der Waals surface area contributed by atoms with E-state index in [4.69, 9.17) is 0 Å². The molecule has 1 heteroatoms. The smallest absolute Gasteiger partial charge is 0.0765 e. The molecule has 0 radical (unpaired) electrons. The van der Waals surface area contributed by atoms with E-state index in [-0.39, 0.29) is 0 Å². The molecule has 0 bridgehead atoms. The van der Waals surface area contributed by atoms with Gasteiger partial charge in [-0.1, -0.05) is 121 Å². The number of fused-ring (bicyclic) bond motifs is 1. The molecule has 0 nitrogen and oxygen atoms in total. The molecule has 5 rings (SSSR count). The second-order valence-electron chi connectivity index (χ2n) is 7.77. The van der Waals surface area contributed by atoms with Crippen LogP contribution >= 0.6 is 0 Å². The lowest BCUT2D eigenvalue weighted by atomic mass is 10.1. The van der Waals surface area contributed by atoms with Crippen molar-refractivity contribution in [2.24, 2.45) is 0 Å². The minimum absolute atomic E-state index is 1.05. The number of benzene rings is 4. The first-order valence-electron chi connectivity index (χ1n) is 10.3. The second-order valence-corrected chi connectivity index (χ2v) is 11.7. The first kappa shape index (κ1) is 17.9. The van der Waals surface area contributed by atoms with E-state index in [1.165, 1.54) is 32.3 Å². The molecular weight excluding hydrogens is 364 g/mol. The molecule has 1 aliphatic rings. The Bertz CT molecular complexity index is 1030. The van der Waals surface area contributed by atoms with Gasteiger partial charge in [0, 0.05) is 0 Å². The Labute approximate surface area is 174 Å². The van der Waals surface area contributed by atoms with Gasteiger partial charge in [-0.05, 0) is 44.7 Å². The zero-order valence-corrected chi connectivity index (χ0v) is 17.5. The van der Waals surface area contributed by atoms with Gasteiger partial charge >= 0.3 is 0 Å². The first-order valence-corrected chi connectivity index (χ1v) is 12.5. The van der Waals surface area contributed by atoms with E-state index in [2.05, 4.69) is 121 Å². The Hall–Kier alpha value is -3.16. The normalized spacial score (nSPS) is 13.0. The van der Waals surface area contributed by atoms with Crippen LogP contribution in [0.15, 0.2) is 121 Å². The van der Waals surface area contributed by atoms with E-state index < -0.39 is 8.07 Å². The third-order valence-electron chi connectivity index (χ3n) is 6.19. The summed E-state index contributed by atoms with van der Waals surface area (Å²) in [5.41, 5.74) is 4.40. The van der Waals surface area contributed by atoms with Gasteiger partial charge in [0.1, 0.15) is 0 Å². The average Bonchev–Trinajstić information content (AvgIpc) is 3.22. The van der Waals surface area contributed by atoms with E-state index in [1.54, 1.807) is 0 Å². The third-order valence-corrected chi connectivity index (χ3v) is 11.1. The molecule has 1 aliphatic carbocycles. The van der Waals surface area contributed by atoms with Crippen LogP contribution in [0.25, 0.3) is 5.57 Å². The zero-order valence-electron chi connectivity index (χ0n) is 16.5. The topological polar surface area (TPSA) is 0 Å². The SMILES string of the molecule is C1=C(C[Si](c2ccccc2)(c2ccccc2)c2ccccc2)c2ccccc2C1. The highest BCUT2D eigenvalue weighted by Crippen LogP contribution is 2.33. The van der Waals surface area contributed by atoms with Gasteiger partial charge in [0.05, 0.1) is 0 Å². The van der Waals surface area contributed by atoms with Gasteiger partial charge < -0.3 is 0 Å². The predicted octanol–water partition coefficient (Wildman–Crippen LogP) is 4.80. The van der Waals surface area contributed by atoms with Crippen molar-refractivity contribution in [3.8, 4) is 0 Å². The van der Waals surface area contributed by atoms with E-state index in [0.717, 1.165) is 12.5 Å². The second kappa shape index (κ2) is 7.69. The lowest BCUT2D eigenvalue weighted by Gasteiger charge is -2.34. The highest BCUT2D eigenvalue weighted by Gasteiger charge is 2.40. The maximum Gasteiger partial charge on any atom is 0.152 e. The molecule has 0 N–H and O–H groups in total. The minimum atomic E-state index is -2.23. The molecule has 4 aromatic carbocycles. The maximum absolute atomic E-state index is 2.46. The molecule has 0 amide bonds. The predicted molar refractivity (Wildman–Crippen MR) is 127 cm³/mol. The van der Waals surface area contributed by atoms with Gasteiger partial charge in [-0.2, -0.15) is 0 Å². The van der Waals surface area contributed by atoms with Gasteiger partial charge in [-0.25, -0.2) is 0 Å². The Morgan fingerprint density at radius 1 is 0.517 bits per heavy atom. The molecule has 0 spiro atoms. The van der Waals surface area contributed by atoms with Crippen LogP contribution in [0.3, 0.4) is 0 Å². The van der Waals surface area contributed by atoms with Crippen LogP contribution in [0.5, 0.6) is 0 Å². The van der Waals surface area contributed by atoms with Crippen LogP contribution in [0, 0.1) is 0 Å². The number of hydrogen-bond donors (Lipinski definition) is 0. The van der Waals surface area contributed by atoms with Crippen LogP contribution < -0.4 is 15.6 Å². The standard InChI is InChI=1S/C28H24Si/c1-4-13-25(14-5-1)29(26-15-6-2-7-16-26,27-17-8-3-9-18-27)22-24-21-20-23-12-10-11-19-28(23)24/h1-19,21H,20,22H2. The van der Waals surface area contributed by atoms with Crippen molar-refractivity contribution in [2.45, 2.75) is 12.5 Å². The van der Waals surface area contributed by atoms with Crippen molar-refractivity contribution in [1.82, 2.24) is 0 Å². The zero-order chi connectivity index (χ0) is 19.5. The quantitative estimate of drug-likeness (QED) is 0.340. The van der Waals surface area contributed by atoms with E-state index in [0.29, 0.717) is 0 Å². The summed E-state index contributed by atoms with van der Waals surface area (Å²) < 4.78 is 0. The van der Waals surface area contributed by atoms with Crippen molar-refractivity contribution in [3.63, 3.8) is 0 Å². The molecule has 140 valence electrons. The van der Waals surface area contributed by atoms with Crippen LogP contribution in [0.1, 0.15) is 11.1 Å². The number of allylic oxidation sites excluding steroid dienone is 2. The Balaban J connectivity index is 1.75. The fourth-order valence-corrected chi connectivity index (χ4v) is 9.58. The van der Waals surface area contributed by atoms with E-state index in [1.807, 2.05) is 0 Å². The summed E-state index contributed by atoms with van der Waals surface area (Å²) in [4.78, 5) is 0. The molecular formula is C28H24Si. The van der Waals surface area contributed by atoms with Gasteiger partial charge in [-0.15, -0.1) is 0 Å². The molecule has 0 saturated heterocycles. The summed E-state index contributed by atoms with van der Waals surface area (Å²) in [7, 11) is -2.23. The minimum Gasteiger partial charge on any atom is -0.0765 e. The van der Waals surface area contributed by atoms with Gasteiger partial charge in [-0.3, -0.25) is 0 Å². The van der Waals surface area contributed by atoms with Crippen LogP contribution in [-0.4, -0.2) is 8.07 Å². The summed E-state index contributed by atoms with van der Waals surface area (Å²) >= 11 is 0. The lowest BCUT2D eigenvalue weighted by Crippen LogP contribution is -2.67. The summed E-state index contributed by atoms with van der Waals surface area (Å²) in [5.74, 6) is 0. The lowest BCUT2D eigenvalue weighted by molar-refractivity contribution is 1.31. The summed E-state index contributed by atoms with van der Waals surface area (Å²) in [6, 6.07) is 43.6. The van der Waals surface area contributed by atoms with E-state index in [9.17, 15) is 0 Å². The number of hydrogen-bond acceptors (Lipinski definition) is 0. The van der Waals surface area contributed by atoms with Crippen LogP contribution in [0.4, 0.5) is 0 Å². The summed E-state index contributed by atoms with van der Waals surface area (Å²) in [6.07, 6.45) is 3.51. The van der Waals surface area contributed by atoms with Crippen molar-refractivity contribution < 1.29 is 0 Å². The highest BCUT2D eigenvalue weighted by atomic mass is 28.3. The van der Waals surface area contributed by atoms with Crippen molar-refractivity contribution in [2.75, 3.05) is 0 Å². The average molecular weight is 389 g/mol. The van der Waals surface area contributed by atoms with E-state index >= 15 is 0 Å². The van der Waals surface area contributed by atoms with Crippen molar-refractivity contribution >= 4 is 29.2 Å².